The van der Waals surface area contributed by atoms with Crippen LogP contribution in [0.5, 0.6) is 5.75 Å². The van der Waals surface area contributed by atoms with Crippen molar-refractivity contribution in [1.29, 1.82) is 0 Å². The van der Waals surface area contributed by atoms with Gasteiger partial charge in [0.25, 0.3) is 15.6 Å². The Labute approximate surface area is 210 Å². The maximum absolute atomic E-state index is 12.9. The molecule has 0 saturated carbocycles. The van der Waals surface area contributed by atoms with Crippen molar-refractivity contribution in [3.63, 3.8) is 0 Å². The fraction of sp³-hybridized carbons (Fsp3) is 0.182. The molecule has 0 unspecified atom stereocenters. The van der Waals surface area contributed by atoms with Crippen LogP contribution in [0.15, 0.2) is 57.1 Å². The first-order chi connectivity index (χ1) is 16.7. The number of aryl methyl sites for hydroxylation is 2. The summed E-state index contributed by atoms with van der Waals surface area (Å²) in [5.41, 5.74) is 1.71. The second kappa shape index (κ2) is 10.0. The van der Waals surface area contributed by atoms with Gasteiger partial charge in [-0.1, -0.05) is 29.9 Å². The summed E-state index contributed by atoms with van der Waals surface area (Å²) in [6, 6.07) is 10.9. The standard InChI is InChI=1S/C22H21ClN6O4S2/c1-4-20-25-26-22(34-20)28-35(31,32)16-8-5-14(6-9-16)24-12-17-13(2)27-29(21(17)30)15-7-10-18(23)19(11-15)33-3/h5-12,27H,4H2,1-3H3,(H,26,28). The molecule has 2 aromatic carbocycles. The molecule has 182 valence electrons. The van der Waals surface area contributed by atoms with E-state index in [0.29, 0.717) is 39.8 Å². The molecular weight excluding hydrogens is 512 g/mol. The SMILES string of the molecule is CCc1nnc(NS(=O)(=O)c2ccc(N=Cc3c(C)[nH]n(-c4ccc(Cl)c(OC)c4)c3=O)cc2)s1. The Morgan fingerprint density at radius 2 is 1.97 bits per heavy atom. The third-order valence-corrected chi connectivity index (χ3v) is 7.77. The molecule has 0 aliphatic rings. The smallest absolute Gasteiger partial charge is 0.280 e. The van der Waals surface area contributed by atoms with Crippen molar-refractivity contribution in [3.05, 3.63) is 74.1 Å². The van der Waals surface area contributed by atoms with E-state index in [2.05, 4.69) is 25.0 Å². The summed E-state index contributed by atoms with van der Waals surface area (Å²) in [7, 11) is -2.32. The van der Waals surface area contributed by atoms with Gasteiger partial charge >= 0.3 is 0 Å². The van der Waals surface area contributed by atoms with Crippen molar-refractivity contribution in [2.24, 2.45) is 4.99 Å². The number of hydrogen-bond donors (Lipinski definition) is 2. The third kappa shape index (κ3) is 5.29. The summed E-state index contributed by atoms with van der Waals surface area (Å²) in [5.74, 6) is 0.444. The number of hydrogen-bond acceptors (Lipinski definition) is 8. The lowest BCUT2D eigenvalue weighted by atomic mass is 10.2. The van der Waals surface area contributed by atoms with Gasteiger partial charge in [-0.3, -0.25) is 19.6 Å². The lowest BCUT2D eigenvalue weighted by molar-refractivity contribution is 0.414. The average Bonchev–Trinajstić information content (AvgIpc) is 3.41. The van der Waals surface area contributed by atoms with E-state index in [-0.39, 0.29) is 15.6 Å². The van der Waals surface area contributed by atoms with Crippen LogP contribution < -0.4 is 15.0 Å². The number of aliphatic imine (C=N–C) groups is 1. The number of sulfonamides is 1. The van der Waals surface area contributed by atoms with E-state index in [1.807, 2.05) is 6.92 Å². The average molecular weight is 533 g/mol. The maximum Gasteiger partial charge on any atom is 0.280 e. The molecule has 0 aliphatic heterocycles. The number of aromatic nitrogens is 4. The van der Waals surface area contributed by atoms with E-state index in [1.165, 1.54) is 41.5 Å². The molecule has 0 bridgehead atoms. The Kier molecular flexibility index (Phi) is 7.05. The number of halogens is 1. The zero-order valence-corrected chi connectivity index (χ0v) is 21.3. The highest BCUT2D eigenvalue weighted by Gasteiger charge is 2.17. The van der Waals surface area contributed by atoms with Crippen LogP contribution in [0.3, 0.4) is 0 Å². The minimum absolute atomic E-state index is 0.0570. The molecule has 0 fully saturated rings. The van der Waals surface area contributed by atoms with Crippen molar-refractivity contribution >= 4 is 50.0 Å². The second-order valence-electron chi connectivity index (χ2n) is 7.32. The Hall–Kier alpha value is -3.48. The molecule has 4 rings (SSSR count). The topological polar surface area (TPSA) is 131 Å². The summed E-state index contributed by atoms with van der Waals surface area (Å²) in [5, 5.41) is 12.1. The molecule has 35 heavy (non-hydrogen) atoms. The van der Waals surface area contributed by atoms with E-state index >= 15 is 0 Å². The van der Waals surface area contributed by atoms with Gasteiger partial charge in [-0.25, -0.2) is 13.1 Å². The van der Waals surface area contributed by atoms with E-state index < -0.39 is 10.0 Å². The van der Waals surface area contributed by atoms with Crippen LogP contribution >= 0.6 is 22.9 Å². The minimum Gasteiger partial charge on any atom is -0.495 e. The first-order valence-corrected chi connectivity index (χ1v) is 13.0. The molecule has 0 spiro atoms. The minimum atomic E-state index is -3.81. The first kappa shape index (κ1) is 24.6. The largest absolute Gasteiger partial charge is 0.495 e. The molecular formula is C22H21ClN6O4S2. The highest BCUT2D eigenvalue weighted by Crippen LogP contribution is 2.26. The summed E-state index contributed by atoms with van der Waals surface area (Å²) >= 11 is 7.26. The normalized spacial score (nSPS) is 11.8. The van der Waals surface area contributed by atoms with Gasteiger partial charge in [-0.05, 0) is 49.7 Å². The highest BCUT2D eigenvalue weighted by atomic mass is 35.5. The summed E-state index contributed by atoms with van der Waals surface area (Å²) in [4.78, 5) is 17.3. The molecule has 0 saturated heterocycles. The van der Waals surface area contributed by atoms with E-state index in [4.69, 9.17) is 16.3 Å². The highest BCUT2D eigenvalue weighted by molar-refractivity contribution is 7.93. The lowest BCUT2D eigenvalue weighted by Crippen LogP contribution is -2.17. The van der Waals surface area contributed by atoms with Crippen molar-refractivity contribution < 1.29 is 13.2 Å². The molecule has 0 aliphatic carbocycles. The number of H-pyrrole nitrogens is 1. The van der Waals surface area contributed by atoms with Gasteiger partial charge in [-0.2, -0.15) is 0 Å². The van der Waals surface area contributed by atoms with Gasteiger partial charge in [-0.15, -0.1) is 10.2 Å². The van der Waals surface area contributed by atoms with Crippen LogP contribution in [0.2, 0.25) is 5.02 Å². The predicted octanol–water partition coefficient (Wildman–Crippen LogP) is 4.10. The molecule has 0 amide bonds. The second-order valence-corrected chi connectivity index (χ2v) is 10.5. The fourth-order valence-corrected chi connectivity index (χ4v) is 5.25. The van der Waals surface area contributed by atoms with Gasteiger partial charge in [0.2, 0.25) is 5.13 Å². The first-order valence-electron chi connectivity index (χ1n) is 10.4. The van der Waals surface area contributed by atoms with Gasteiger partial charge in [0, 0.05) is 18.0 Å². The Morgan fingerprint density at radius 1 is 1.23 bits per heavy atom. The number of methoxy groups -OCH3 is 1. The van der Waals surface area contributed by atoms with Crippen molar-refractivity contribution in [3.8, 4) is 11.4 Å². The third-order valence-electron chi connectivity index (χ3n) is 4.99. The summed E-state index contributed by atoms with van der Waals surface area (Å²) < 4.78 is 34.2. The van der Waals surface area contributed by atoms with Gasteiger partial charge in [0.15, 0.2) is 0 Å². The predicted molar refractivity (Wildman–Crippen MR) is 136 cm³/mol. The van der Waals surface area contributed by atoms with Gasteiger partial charge < -0.3 is 4.74 Å². The zero-order chi connectivity index (χ0) is 25.2. The molecule has 4 aromatic rings. The Bertz CT molecular complexity index is 1560. The molecule has 2 aromatic heterocycles. The van der Waals surface area contributed by atoms with E-state index in [9.17, 15) is 13.2 Å². The van der Waals surface area contributed by atoms with Crippen LogP contribution in [0.1, 0.15) is 23.2 Å². The number of benzene rings is 2. The quantitative estimate of drug-likeness (QED) is 0.328. The summed E-state index contributed by atoms with van der Waals surface area (Å²) in [6.07, 6.45) is 2.11. The number of nitrogens with zero attached hydrogens (tertiary/aromatic N) is 4. The Balaban J connectivity index is 1.54. The molecule has 13 heteroatoms. The van der Waals surface area contributed by atoms with Crippen molar-refractivity contribution in [2.75, 3.05) is 11.8 Å². The van der Waals surface area contributed by atoms with Crippen LogP contribution in [0, 0.1) is 6.92 Å². The van der Waals surface area contributed by atoms with Crippen molar-refractivity contribution in [2.45, 2.75) is 25.2 Å². The molecule has 2 N–H and O–H groups in total. The zero-order valence-electron chi connectivity index (χ0n) is 18.9. The monoisotopic (exact) mass is 532 g/mol. The maximum atomic E-state index is 12.9. The summed E-state index contributed by atoms with van der Waals surface area (Å²) in [6.45, 7) is 3.67. The van der Waals surface area contributed by atoms with Crippen LogP contribution in [-0.4, -0.2) is 41.7 Å². The molecule has 10 nitrogen and oxygen atoms in total. The van der Waals surface area contributed by atoms with E-state index in [1.54, 1.807) is 37.3 Å². The molecule has 2 heterocycles. The van der Waals surface area contributed by atoms with E-state index in [0.717, 1.165) is 5.01 Å². The molecule has 0 atom stereocenters. The Morgan fingerprint density at radius 3 is 2.63 bits per heavy atom. The number of nitrogens with one attached hydrogen (secondary N) is 2. The number of rotatable bonds is 8. The van der Waals surface area contributed by atoms with Crippen LogP contribution in [-0.2, 0) is 16.4 Å². The van der Waals surface area contributed by atoms with Crippen LogP contribution in [0.25, 0.3) is 5.69 Å². The fourth-order valence-electron chi connectivity index (χ4n) is 3.14. The number of aromatic amines is 1. The van der Waals surface area contributed by atoms with Gasteiger partial charge in [0.1, 0.15) is 10.8 Å². The number of ether oxygens (including phenoxy) is 1. The van der Waals surface area contributed by atoms with Crippen LogP contribution in [0.4, 0.5) is 10.8 Å². The van der Waals surface area contributed by atoms with Gasteiger partial charge in [0.05, 0.1) is 34.0 Å². The number of anilines is 1. The lowest BCUT2D eigenvalue weighted by Gasteiger charge is -2.06. The molecule has 0 radical (unpaired) electrons. The van der Waals surface area contributed by atoms with Crippen molar-refractivity contribution in [1.82, 2.24) is 20.0 Å².